The van der Waals surface area contributed by atoms with E-state index in [2.05, 4.69) is 77.4 Å². The number of rotatable bonds is 4. The largest absolute Gasteiger partial charge is 0.481 e. The second-order valence-electron chi connectivity index (χ2n) is 9.11. The molecule has 0 saturated heterocycles. The number of carboxylic acids is 1. The van der Waals surface area contributed by atoms with E-state index in [0.717, 1.165) is 22.2 Å². The van der Waals surface area contributed by atoms with Crippen LogP contribution in [0, 0.1) is 0 Å². The summed E-state index contributed by atoms with van der Waals surface area (Å²) >= 11 is 0. The van der Waals surface area contributed by atoms with Crippen LogP contribution in [0.4, 0.5) is 5.69 Å². The lowest BCUT2D eigenvalue weighted by atomic mass is 9.90. The van der Waals surface area contributed by atoms with E-state index >= 15 is 0 Å². The highest BCUT2D eigenvalue weighted by atomic mass is 16.4. The molecule has 0 bridgehead atoms. The zero-order valence-corrected chi connectivity index (χ0v) is 19.0. The number of fused-ring (bicyclic) bond motifs is 6. The molecule has 1 aliphatic heterocycles. The fourth-order valence-electron chi connectivity index (χ4n) is 5.36. The van der Waals surface area contributed by atoms with Gasteiger partial charge in [-0.2, -0.15) is 0 Å². The average Bonchev–Trinajstić information content (AvgIpc) is 2.99. The number of benzene rings is 5. The van der Waals surface area contributed by atoms with Crippen molar-refractivity contribution in [3.8, 4) is 0 Å². The van der Waals surface area contributed by atoms with Crippen molar-refractivity contribution in [2.75, 3.05) is 5.32 Å². The average molecular weight is 461 g/mol. The Kier molecular flexibility index (Phi) is 5.10. The number of amides is 1. The Morgan fingerprint density at radius 2 is 1.46 bits per heavy atom. The van der Waals surface area contributed by atoms with Gasteiger partial charge >= 0.3 is 5.97 Å². The number of carbonyl (C=O) groups excluding carboxylic acids is 1. The number of nitrogens with one attached hydrogen (secondary N) is 2. The van der Waals surface area contributed by atoms with Gasteiger partial charge < -0.3 is 15.7 Å². The Morgan fingerprint density at radius 1 is 0.714 bits per heavy atom. The van der Waals surface area contributed by atoms with Crippen molar-refractivity contribution in [2.24, 2.45) is 0 Å². The van der Waals surface area contributed by atoms with Crippen LogP contribution in [0.15, 0.2) is 91.0 Å². The van der Waals surface area contributed by atoms with Crippen LogP contribution in [-0.4, -0.2) is 23.0 Å². The zero-order chi connectivity index (χ0) is 23.9. The number of aliphatic carboxylic acids is 1. The third-order valence-electron chi connectivity index (χ3n) is 6.95. The van der Waals surface area contributed by atoms with Crippen LogP contribution in [0.25, 0.3) is 32.3 Å². The van der Waals surface area contributed by atoms with Gasteiger partial charge in [0.15, 0.2) is 0 Å². The summed E-state index contributed by atoms with van der Waals surface area (Å²) in [6.45, 7) is 0. The molecule has 2 atom stereocenters. The molecular weight excluding hydrogens is 436 g/mol. The number of hydrogen-bond acceptors (Lipinski definition) is 3. The lowest BCUT2D eigenvalue weighted by Crippen LogP contribution is -2.40. The predicted octanol–water partition coefficient (Wildman–Crippen LogP) is 5.82. The SMILES string of the molecule is O=C(O)CC1Nc2ccccc2C(Cc2cccc3ccc4c5ccccc5ccc4c23)NC1=O. The Bertz CT molecular complexity index is 1630. The summed E-state index contributed by atoms with van der Waals surface area (Å²) < 4.78 is 0. The summed E-state index contributed by atoms with van der Waals surface area (Å²) in [4.78, 5) is 24.4. The third kappa shape index (κ3) is 3.75. The van der Waals surface area contributed by atoms with Crippen molar-refractivity contribution in [1.82, 2.24) is 5.32 Å². The first-order valence-electron chi connectivity index (χ1n) is 11.8. The van der Waals surface area contributed by atoms with E-state index in [-0.39, 0.29) is 18.4 Å². The monoisotopic (exact) mass is 460 g/mol. The van der Waals surface area contributed by atoms with E-state index < -0.39 is 12.0 Å². The van der Waals surface area contributed by atoms with E-state index in [1.165, 1.54) is 26.9 Å². The normalized spacial score (nSPS) is 17.5. The molecule has 5 heteroatoms. The summed E-state index contributed by atoms with van der Waals surface area (Å²) in [7, 11) is 0. The molecule has 35 heavy (non-hydrogen) atoms. The van der Waals surface area contributed by atoms with Crippen molar-refractivity contribution in [2.45, 2.75) is 24.9 Å². The first-order chi connectivity index (χ1) is 17.1. The zero-order valence-electron chi connectivity index (χ0n) is 19.0. The van der Waals surface area contributed by atoms with Gasteiger partial charge in [0.2, 0.25) is 5.91 Å². The highest BCUT2D eigenvalue weighted by molar-refractivity contribution is 6.18. The van der Waals surface area contributed by atoms with Crippen LogP contribution in [0.5, 0.6) is 0 Å². The summed E-state index contributed by atoms with van der Waals surface area (Å²) in [5, 5.41) is 22.7. The van der Waals surface area contributed by atoms with Gasteiger partial charge in [-0.1, -0.05) is 84.9 Å². The molecule has 5 nitrogen and oxygen atoms in total. The first kappa shape index (κ1) is 21.2. The van der Waals surface area contributed by atoms with Crippen LogP contribution in [-0.2, 0) is 16.0 Å². The molecule has 0 aliphatic carbocycles. The van der Waals surface area contributed by atoms with E-state index in [1.807, 2.05) is 24.3 Å². The van der Waals surface area contributed by atoms with Crippen molar-refractivity contribution < 1.29 is 14.7 Å². The van der Waals surface area contributed by atoms with Gasteiger partial charge in [0.25, 0.3) is 0 Å². The summed E-state index contributed by atoms with van der Waals surface area (Å²) in [6, 6.07) is 30.0. The molecule has 0 spiro atoms. The van der Waals surface area contributed by atoms with E-state index in [1.54, 1.807) is 0 Å². The second kappa shape index (κ2) is 8.44. The Labute approximate surface area is 202 Å². The van der Waals surface area contributed by atoms with Crippen molar-refractivity contribution in [1.29, 1.82) is 0 Å². The fraction of sp³-hybridized carbons (Fsp3) is 0.133. The van der Waals surface area contributed by atoms with Crippen LogP contribution in [0.1, 0.15) is 23.6 Å². The van der Waals surface area contributed by atoms with Crippen LogP contribution < -0.4 is 10.6 Å². The van der Waals surface area contributed by atoms with Crippen molar-refractivity contribution >= 4 is 49.9 Å². The van der Waals surface area contributed by atoms with E-state index in [0.29, 0.717) is 6.42 Å². The number of hydrogen-bond donors (Lipinski definition) is 3. The molecular formula is C30H24N2O3. The molecule has 0 radical (unpaired) electrons. The minimum absolute atomic E-state index is 0.279. The molecule has 1 heterocycles. The summed E-state index contributed by atoms with van der Waals surface area (Å²) in [5.41, 5.74) is 2.88. The molecule has 5 aromatic rings. The maximum atomic E-state index is 13.0. The minimum atomic E-state index is -1.01. The quantitative estimate of drug-likeness (QED) is 0.296. The minimum Gasteiger partial charge on any atom is -0.481 e. The number of para-hydroxylation sites is 1. The molecule has 0 saturated carbocycles. The lowest BCUT2D eigenvalue weighted by Gasteiger charge is -2.20. The van der Waals surface area contributed by atoms with Gasteiger partial charge in [0, 0.05) is 5.69 Å². The maximum Gasteiger partial charge on any atom is 0.305 e. The van der Waals surface area contributed by atoms with Crippen LogP contribution in [0.3, 0.4) is 0 Å². The number of carboxylic acid groups (broad SMARTS) is 1. The maximum absolute atomic E-state index is 13.0. The van der Waals surface area contributed by atoms with Gasteiger partial charge in [0.05, 0.1) is 12.5 Å². The smallest absolute Gasteiger partial charge is 0.305 e. The molecule has 2 unspecified atom stereocenters. The first-order valence-corrected chi connectivity index (χ1v) is 11.8. The van der Waals surface area contributed by atoms with Crippen molar-refractivity contribution in [3.63, 3.8) is 0 Å². The molecule has 0 fully saturated rings. The van der Waals surface area contributed by atoms with Gasteiger partial charge in [-0.05, 0) is 55.9 Å². The van der Waals surface area contributed by atoms with Crippen LogP contribution >= 0.6 is 0 Å². The second-order valence-corrected chi connectivity index (χ2v) is 9.11. The van der Waals surface area contributed by atoms with E-state index in [9.17, 15) is 14.7 Å². The Morgan fingerprint density at radius 3 is 2.34 bits per heavy atom. The Hall–Kier alpha value is -4.38. The van der Waals surface area contributed by atoms with Crippen LogP contribution in [0.2, 0.25) is 0 Å². The molecule has 1 aliphatic rings. The molecule has 5 aromatic carbocycles. The standard InChI is InChI=1S/C30H24N2O3/c33-28(34)17-27-30(35)32-26(24-10-3-4-11-25(24)31-27)16-20-8-5-7-19-13-14-22-21-9-2-1-6-18(21)12-15-23(22)29(19)20/h1-15,26-27,31H,16-17H2,(H,32,35)(H,33,34). The third-order valence-corrected chi connectivity index (χ3v) is 6.95. The topological polar surface area (TPSA) is 78.4 Å². The molecule has 3 N–H and O–H groups in total. The van der Waals surface area contributed by atoms with Gasteiger partial charge in [-0.25, -0.2) is 0 Å². The summed E-state index contributed by atoms with van der Waals surface area (Å²) in [5.74, 6) is -1.31. The van der Waals surface area contributed by atoms with Crippen molar-refractivity contribution in [3.05, 3.63) is 102 Å². The molecule has 1 amide bonds. The highest BCUT2D eigenvalue weighted by Crippen LogP contribution is 2.36. The number of carbonyl (C=O) groups is 2. The van der Waals surface area contributed by atoms with Gasteiger partial charge in [0.1, 0.15) is 6.04 Å². The van der Waals surface area contributed by atoms with Gasteiger partial charge in [-0.3, -0.25) is 9.59 Å². The van der Waals surface area contributed by atoms with Gasteiger partial charge in [-0.15, -0.1) is 0 Å². The number of anilines is 1. The molecule has 0 aromatic heterocycles. The predicted molar refractivity (Wildman–Crippen MR) is 140 cm³/mol. The fourth-order valence-corrected chi connectivity index (χ4v) is 5.36. The van der Waals surface area contributed by atoms with E-state index in [4.69, 9.17) is 0 Å². The Balaban J connectivity index is 1.49. The molecule has 172 valence electrons. The molecule has 6 rings (SSSR count). The highest BCUT2D eigenvalue weighted by Gasteiger charge is 2.30. The summed E-state index contributed by atoms with van der Waals surface area (Å²) in [6.07, 6.45) is 0.312. The lowest BCUT2D eigenvalue weighted by molar-refractivity contribution is -0.139.